The average molecular weight is 238 g/mol. The molecule has 2 rings (SSSR count). The van der Waals surface area contributed by atoms with Crippen LogP contribution in [0.5, 0.6) is 11.5 Å². The lowest BCUT2D eigenvalue weighted by atomic mass is 9.97. The highest BCUT2D eigenvalue weighted by Gasteiger charge is 1.98. The molecule has 0 radical (unpaired) electrons. The van der Waals surface area contributed by atoms with E-state index in [4.69, 9.17) is 4.74 Å². The van der Waals surface area contributed by atoms with Crippen LogP contribution in [0.1, 0.15) is 25.3 Å². The van der Waals surface area contributed by atoms with Gasteiger partial charge in [-0.05, 0) is 42.7 Å². The second-order valence-corrected chi connectivity index (χ2v) is 4.66. The van der Waals surface area contributed by atoms with Crippen LogP contribution in [0.4, 0.5) is 0 Å². The van der Waals surface area contributed by atoms with Crippen LogP contribution in [0, 0.1) is 0 Å². The molecule has 0 fully saturated rings. The Morgan fingerprint density at radius 3 is 2.00 bits per heavy atom. The summed E-state index contributed by atoms with van der Waals surface area (Å²) in [6, 6.07) is 16.5. The van der Waals surface area contributed by atoms with Gasteiger partial charge in [0.05, 0.1) is 0 Å². The highest BCUT2D eigenvalue weighted by molar-refractivity contribution is 6.32. The number of hydrogen-bond acceptors (Lipinski definition) is 1. The minimum atomic E-state index is 0.891. The summed E-state index contributed by atoms with van der Waals surface area (Å²) < 4.78 is 5.79. The summed E-state index contributed by atoms with van der Waals surface area (Å²) in [5, 5.41) is 0. The molecule has 0 N–H and O–H groups in total. The first-order valence-electron chi connectivity index (χ1n) is 6.61. The maximum absolute atomic E-state index is 5.79. The first-order valence-corrected chi connectivity index (χ1v) is 6.61. The van der Waals surface area contributed by atoms with Gasteiger partial charge in [-0.1, -0.05) is 43.1 Å². The first-order chi connectivity index (χ1) is 8.78. The van der Waals surface area contributed by atoms with Crippen LogP contribution in [-0.2, 0) is 6.42 Å². The third-order valence-electron chi connectivity index (χ3n) is 3.00. The van der Waals surface area contributed by atoms with Gasteiger partial charge < -0.3 is 4.74 Å². The Kier molecular flexibility index (Phi) is 4.46. The molecule has 0 unspecified atom stereocenters. The molecule has 2 aromatic rings. The van der Waals surface area contributed by atoms with Crippen LogP contribution in [-0.4, -0.2) is 7.85 Å². The summed E-state index contributed by atoms with van der Waals surface area (Å²) in [5.74, 6) is 1.79. The molecule has 0 saturated carbocycles. The Balaban J connectivity index is 1.99. The second-order valence-electron chi connectivity index (χ2n) is 4.66. The van der Waals surface area contributed by atoms with Gasteiger partial charge in [0, 0.05) is 0 Å². The lowest BCUT2D eigenvalue weighted by molar-refractivity contribution is 0.482. The molecule has 0 spiro atoms. The molecule has 0 heterocycles. The van der Waals surface area contributed by atoms with Gasteiger partial charge in [-0.15, -0.1) is 0 Å². The normalized spacial score (nSPS) is 10.3. The maximum atomic E-state index is 5.79. The highest BCUT2D eigenvalue weighted by atomic mass is 16.5. The third kappa shape index (κ3) is 3.66. The Hall–Kier alpha value is -1.70. The van der Waals surface area contributed by atoms with Gasteiger partial charge in [0.15, 0.2) is 0 Å². The number of benzene rings is 2. The fraction of sp³-hybridized carbons (Fsp3) is 0.250. The second kappa shape index (κ2) is 6.30. The molecule has 0 aliphatic heterocycles. The molecule has 0 amide bonds. The molecule has 2 heteroatoms. The van der Waals surface area contributed by atoms with Crippen molar-refractivity contribution in [3.63, 3.8) is 0 Å². The molecular weight excluding hydrogens is 219 g/mol. The van der Waals surface area contributed by atoms with Crippen molar-refractivity contribution in [3.05, 3.63) is 54.1 Å². The van der Waals surface area contributed by atoms with Crippen LogP contribution < -0.4 is 10.2 Å². The van der Waals surface area contributed by atoms with Gasteiger partial charge in [0.2, 0.25) is 0 Å². The number of hydrogen-bond donors (Lipinski definition) is 0. The summed E-state index contributed by atoms with van der Waals surface area (Å²) in [6.07, 6.45) is 3.64. The minimum Gasteiger partial charge on any atom is -0.457 e. The van der Waals surface area contributed by atoms with Gasteiger partial charge in [-0.25, -0.2) is 0 Å². The predicted molar refractivity (Wildman–Crippen MR) is 79.7 cm³/mol. The first kappa shape index (κ1) is 12.8. The zero-order valence-corrected chi connectivity index (χ0v) is 11.1. The topological polar surface area (TPSA) is 9.23 Å². The van der Waals surface area contributed by atoms with E-state index in [9.17, 15) is 0 Å². The molecule has 0 bridgehead atoms. The fourth-order valence-corrected chi connectivity index (χ4v) is 1.85. The van der Waals surface area contributed by atoms with E-state index in [1.807, 2.05) is 24.3 Å². The predicted octanol–water partition coefficient (Wildman–Crippen LogP) is 3.08. The molecule has 18 heavy (non-hydrogen) atoms. The van der Waals surface area contributed by atoms with Crippen molar-refractivity contribution in [3.8, 4) is 11.5 Å². The van der Waals surface area contributed by atoms with Gasteiger partial charge >= 0.3 is 0 Å². The van der Waals surface area contributed by atoms with Crippen molar-refractivity contribution in [2.24, 2.45) is 0 Å². The monoisotopic (exact) mass is 238 g/mol. The van der Waals surface area contributed by atoms with Crippen molar-refractivity contribution < 1.29 is 4.74 Å². The highest BCUT2D eigenvalue weighted by Crippen LogP contribution is 2.21. The van der Waals surface area contributed by atoms with Gasteiger partial charge in [-0.3, -0.25) is 0 Å². The number of ether oxygens (including phenoxy) is 1. The fourth-order valence-electron chi connectivity index (χ4n) is 1.85. The van der Waals surface area contributed by atoms with Crippen LogP contribution in [0.2, 0.25) is 0 Å². The van der Waals surface area contributed by atoms with Crippen molar-refractivity contribution in [2.75, 3.05) is 0 Å². The molecule has 0 aromatic heterocycles. The molecule has 0 aliphatic carbocycles. The van der Waals surface area contributed by atoms with Crippen molar-refractivity contribution in [2.45, 2.75) is 26.2 Å². The third-order valence-corrected chi connectivity index (χ3v) is 3.00. The van der Waals surface area contributed by atoms with E-state index in [-0.39, 0.29) is 0 Å². The summed E-state index contributed by atoms with van der Waals surface area (Å²) >= 11 is 0. The van der Waals surface area contributed by atoms with Crippen LogP contribution >= 0.6 is 0 Å². The molecule has 2 aromatic carbocycles. The standard InChI is InChI=1S/C16H19BO/c1-2-3-4-13-5-9-15(10-6-13)18-16-11-7-14(17)8-12-16/h5-12H,2-4,17H2,1H3. The Bertz CT molecular complexity index is 473. The molecule has 0 saturated heterocycles. The lowest BCUT2D eigenvalue weighted by Crippen LogP contribution is -1.99. The molecule has 0 atom stereocenters. The van der Waals surface area contributed by atoms with E-state index < -0.39 is 0 Å². The van der Waals surface area contributed by atoms with E-state index in [0.29, 0.717) is 0 Å². The van der Waals surface area contributed by atoms with Crippen LogP contribution in [0.15, 0.2) is 48.5 Å². The molecular formula is C16H19BO. The number of rotatable bonds is 5. The van der Waals surface area contributed by atoms with Gasteiger partial charge in [0.1, 0.15) is 19.3 Å². The Morgan fingerprint density at radius 2 is 1.44 bits per heavy atom. The summed E-state index contributed by atoms with van der Waals surface area (Å²) in [7, 11) is 2.08. The van der Waals surface area contributed by atoms with E-state index in [0.717, 1.165) is 17.9 Å². The summed E-state index contributed by atoms with van der Waals surface area (Å²) in [6.45, 7) is 2.22. The molecule has 1 nitrogen and oxygen atoms in total. The summed E-state index contributed by atoms with van der Waals surface area (Å²) in [5.41, 5.74) is 2.63. The summed E-state index contributed by atoms with van der Waals surface area (Å²) in [4.78, 5) is 0. The van der Waals surface area contributed by atoms with E-state index >= 15 is 0 Å². The smallest absolute Gasteiger partial charge is 0.139 e. The minimum absolute atomic E-state index is 0.891. The van der Waals surface area contributed by atoms with Crippen LogP contribution in [0.3, 0.4) is 0 Å². The van der Waals surface area contributed by atoms with Gasteiger partial charge in [-0.2, -0.15) is 0 Å². The van der Waals surface area contributed by atoms with Crippen molar-refractivity contribution in [1.82, 2.24) is 0 Å². The van der Waals surface area contributed by atoms with E-state index in [1.165, 1.54) is 23.9 Å². The molecule has 92 valence electrons. The quantitative estimate of drug-likeness (QED) is 0.727. The number of aryl methyl sites for hydroxylation is 1. The maximum Gasteiger partial charge on any atom is 0.139 e. The van der Waals surface area contributed by atoms with E-state index in [1.54, 1.807) is 0 Å². The zero-order valence-electron chi connectivity index (χ0n) is 11.1. The van der Waals surface area contributed by atoms with Crippen molar-refractivity contribution in [1.29, 1.82) is 0 Å². The number of unbranched alkanes of at least 4 members (excludes halogenated alkanes) is 1. The average Bonchev–Trinajstić information content (AvgIpc) is 2.41. The van der Waals surface area contributed by atoms with Crippen molar-refractivity contribution >= 4 is 13.3 Å². The zero-order chi connectivity index (χ0) is 12.8. The molecule has 0 aliphatic rings. The Labute approximate surface area is 110 Å². The Morgan fingerprint density at radius 1 is 0.889 bits per heavy atom. The largest absolute Gasteiger partial charge is 0.457 e. The van der Waals surface area contributed by atoms with Gasteiger partial charge in [0.25, 0.3) is 0 Å². The van der Waals surface area contributed by atoms with Crippen LogP contribution in [0.25, 0.3) is 0 Å². The lowest BCUT2D eigenvalue weighted by Gasteiger charge is -2.07. The SMILES string of the molecule is Bc1ccc(Oc2ccc(CCCC)cc2)cc1. The van der Waals surface area contributed by atoms with E-state index in [2.05, 4.69) is 39.0 Å².